The standard InChI is InChI=1S/C5H12S2Si/c1-4(2)5(6)7-3-8/h4H,3H2,1-2,8H3. The van der Waals surface area contributed by atoms with Crippen LogP contribution in [0.3, 0.4) is 0 Å². The second-order valence-electron chi connectivity index (χ2n) is 1.91. The molecule has 8 heavy (non-hydrogen) atoms. The minimum atomic E-state index is 0.587. The third kappa shape index (κ3) is 3.63. The van der Waals surface area contributed by atoms with E-state index in [1.165, 1.54) is 19.8 Å². The quantitative estimate of drug-likeness (QED) is 0.442. The van der Waals surface area contributed by atoms with E-state index in [0.717, 1.165) is 0 Å². The molecule has 0 N–H and O–H groups in total. The fraction of sp³-hybridized carbons (Fsp3) is 0.800. The molecular weight excluding hydrogens is 152 g/mol. The molecule has 0 unspecified atom stereocenters. The minimum absolute atomic E-state index is 0.587. The van der Waals surface area contributed by atoms with E-state index in [2.05, 4.69) is 13.8 Å². The second-order valence-corrected chi connectivity index (χ2v) is 5.64. The van der Waals surface area contributed by atoms with E-state index in [1.807, 2.05) is 11.8 Å². The first kappa shape index (κ1) is 8.66. The van der Waals surface area contributed by atoms with Crippen LogP contribution in [0.25, 0.3) is 0 Å². The number of thioether (sulfide) groups is 1. The lowest BCUT2D eigenvalue weighted by molar-refractivity contribution is 0.915. The van der Waals surface area contributed by atoms with Gasteiger partial charge in [0.1, 0.15) is 0 Å². The highest BCUT2D eigenvalue weighted by molar-refractivity contribution is 8.23. The highest BCUT2D eigenvalue weighted by Gasteiger charge is 1.99. The van der Waals surface area contributed by atoms with Crippen molar-refractivity contribution in [1.29, 1.82) is 0 Å². The molecule has 0 aliphatic rings. The lowest BCUT2D eigenvalue weighted by atomic mass is 10.3. The van der Waals surface area contributed by atoms with Crippen LogP contribution in [0.4, 0.5) is 0 Å². The van der Waals surface area contributed by atoms with Gasteiger partial charge in [0, 0.05) is 10.2 Å². The summed E-state index contributed by atoms with van der Waals surface area (Å²) in [6.07, 6.45) is 0. The SMILES string of the molecule is CC(C)C(=S)SC[SiH3]. The van der Waals surface area contributed by atoms with Gasteiger partial charge in [-0.15, -0.1) is 11.8 Å². The van der Waals surface area contributed by atoms with Crippen molar-refractivity contribution in [2.24, 2.45) is 5.92 Å². The number of thiocarbonyl (C=S) groups is 1. The summed E-state index contributed by atoms with van der Waals surface area (Å²) in [6.45, 7) is 4.29. The first-order chi connectivity index (χ1) is 3.68. The molecule has 0 aliphatic carbocycles. The fourth-order valence-electron chi connectivity index (χ4n) is 0.309. The molecule has 0 radical (unpaired) electrons. The summed E-state index contributed by atoms with van der Waals surface area (Å²) in [5, 5.41) is 1.25. The van der Waals surface area contributed by atoms with Crippen molar-refractivity contribution in [2.45, 2.75) is 13.8 Å². The Balaban J connectivity index is 3.33. The van der Waals surface area contributed by atoms with Crippen LogP contribution >= 0.6 is 24.0 Å². The number of hydrogen-bond donors (Lipinski definition) is 0. The van der Waals surface area contributed by atoms with Gasteiger partial charge in [0.15, 0.2) is 0 Å². The Bertz CT molecular complexity index is 80.5. The Hall–Kier alpha value is 0.657. The van der Waals surface area contributed by atoms with Crippen molar-refractivity contribution < 1.29 is 0 Å². The van der Waals surface area contributed by atoms with Gasteiger partial charge in [-0.25, -0.2) is 0 Å². The molecule has 0 saturated carbocycles. The molecule has 0 spiro atoms. The van der Waals surface area contributed by atoms with Crippen molar-refractivity contribution in [2.75, 3.05) is 5.38 Å². The van der Waals surface area contributed by atoms with Gasteiger partial charge in [-0.3, -0.25) is 0 Å². The highest BCUT2D eigenvalue weighted by atomic mass is 32.2. The summed E-state index contributed by atoms with van der Waals surface area (Å²) in [6, 6.07) is 0. The molecule has 0 saturated heterocycles. The summed E-state index contributed by atoms with van der Waals surface area (Å²) < 4.78 is 1.17. The van der Waals surface area contributed by atoms with Gasteiger partial charge in [-0.1, -0.05) is 26.1 Å². The number of rotatable bonds is 2. The minimum Gasteiger partial charge on any atom is -0.123 e. The lowest BCUT2D eigenvalue weighted by Gasteiger charge is -2.02. The number of hydrogen-bond acceptors (Lipinski definition) is 2. The molecule has 0 aromatic rings. The summed E-state index contributed by atoms with van der Waals surface area (Å²) in [4.78, 5) is 0. The van der Waals surface area contributed by atoms with Crippen LogP contribution in [0.1, 0.15) is 13.8 Å². The molecule has 0 fully saturated rings. The zero-order valence-corrected chi connectivity index (χ0v) is 9.23. The lowest BCUT2D eigenvalue weighted by Crippen LogP contribution is -1.99. The van der Waals surface area contributed by atoms with Crippen LogP contribution in [0, 0.1) is 5.92 Å². The maximum atomic E-state index is 5.06. The first-order valence-electron chi connectivity index (χ1n) is 2.85. The molecule has 0 aromatic heterocycles. The van der Waals surface area contributed by atoms with Crippen LogP contribution in [0.5, 0.6) is 0 Å². The van der Waals surface area contributed by atoms with Gasteiger partial charge in [-0.05, 0) is 11.3 Å². The van der Waals surface area contributed by atoms with Crippen molar-refractivity contribution in [3.63, 3.8) is 0 Å². The van der Waals surface area contributed by atoms with E-state index in [4.69, 9.17) is 12.2 Å². The molecule has 48 valence electrons. The van der Waals surface area contributed by atoms with Gasteiger partial charge in [-0.2, -0.15) is 0 Å². The first-order valence-corrected chi connectivity index (χ1v) is 5.66. The summed E-state index contributed by atoms with van der Waals surface area (Å²) in [5.74, 6) is 0.587. The molecule has 0 bridgehead atoms. The maximum Gasteiger partial charge on any atom is 0.0500 e. The largest absolute Gasteiger partial charge is 0.123 e. The van der Waals surface area contributed by atoms with Crippen LogP contribution in [0.15, 0.2) is 0 Å². The van der Waals surface area contributed by atoms with Crippen LogP contribution in [0.2, 0.25) is 0 Å². The maximum absolute atomic E-state index is 5.06. The van der Waals surface area contributed by atoms with Gasteiger partial charge < -0.3 is 0 Å². The Morgan fingerprint density at radius 1 is 1.75 bits per heavy atom. The average Bonchev–Trinajstić information content (AvgIpc) is 1.67. The van der Waals surface area contributed by atoms with Crippen molar-refractivity contribution in [1.82, 2.24) is 0 Å². The van der Waals surface area contributed by atoms with E-state index < -0.39 is 0 Å². The van der Waals surface area contributed by atoms with Gasteiger partial charge >= 0.3 is 0 Å². The Morgan fingerprint density at radius 2 is 2.25 bits per heavy atom. The summed E-state index contributed by atoms with van der Waals surface area (Å²) >= 11 is 6.89. The Kier molecular flexibility index (Phi) is 4.90. The zero-order chi connectivity index (χ0) is 6.57. The zero-order valence-electron chi connectivity index (χ0n) is 5.60. The molecular formula is C5H12S2Si. The predicted molar refractivity (Wildman–Crippen MR) is 49.8 cm³/mol. The Labute approximate surface area is 63.9 Å². The topological polar surface area (TPSA) is 0 Å². The van der Waals surface area contributed by atoms with Crippen LogP contribution < -0.4 is 0 Å². The molecule has 0 aromatic carbocycles. The van der Waals surface area contributed by atoms with Gasteiger partial charge in [0.2, 0.25) is 0 Å². The molecule has 0 heterocycles. The van der Waals surface area contributed by atoms with E-state index in [1.54, 1.807) is 0 Å². The fourth-order valence-corrected chi connectivity index (χ4v) is 2.84. The van der Waals surface area contributed by atoms with Crippen molar-refractivity contribution in [3.8, 4) is 0 Å². The molecule has 0 atom stereocenters. The normalized spacial score (nSPS) is 10.4. The van der Waals surface area contributed by atoms with E-state index in [9.17, 15) is 0 Å². The monoisotopic (exact) mass is 164 g/mol. The third-order valence-electron chi connectivity index (χ3n) is 0.758. The average molecular weight is 164 g/mol. The molecule has 0 amide bonds. The van der Waals surface area contributed by atoms with E-state index in [-0.39, 0.29) is 0 Å². The van der Waals surface area contributed by atoms with Crippen LogP contribution in [-0.2, 0) is 0 Å². The smallest absolute Gasteiger partial charge is 0.0500 e. The summed E-state index contributed by atoms with van der Waals surface area (Å²) in [5.41, 5.74) is 0. The third-order valence-corrected chi connectivity index (χ3v) is 3.49. The second kappa shape index (κ2) is 4.53. The highest BCUT2D eigenvalue weighted by Crippen LogP contribution is 2.10. The molecule has 0 nitrogen and oxygen atoms in total. The van der Waals surface area contributed by atoms with Crippen LogP contribution in [-0.4, -0.2) is 19.8 Å². The molecule has 0 aliphatic heterocycles. The summed E-state index contributed by atoms with van der Waals surface area (Å²) in [7, 11) is 1.26. The predicted octanol–water partition coefficient (Wildman–Crippen LogP) is 1.03. The molecule has 3 heteroatoms. The van der Waals surface area contributed by atoms with Crippen molar-refractivity contribution in [3.05, 3.63) is 0 Å². The van der Waals surface area contributed by atoms with E-state index >= 15 is 0 Å². The van der Waals surface area contributed by atoms with E-state index in [0.29, 0.717) is 5.92 Å². The van der Waals surface area contributed by atoms with Gasteiger partial charge in [0.25, 0.3) is 0 Å². The molecule has 0 rings (SSSR count). The Morgan fingerprint density at radius 3 is 2.38 bits per heavy atom. The van der Waals surface area contributed by atoms with Crippen molar-refractivity contribution >= 4 is 38.4 Å². The van der Waals surface area contributed by atoms with Gasteiger partial charge in [0.05, 0.1) is 4.20 Å².